The topological polar surface area (TPSA) is 29.5 Å². The normalized spacial score (nSPS) is 37.4. The largest absolute Gasteiger partial charge is 0.390 e. The lowest BCUT2D eigenvalue weighted by Gasteiger charge is -2.30. The molecule has 3 unspecified atom stereocenters. The fraction of sp³-hybridized carbons (Fsp3) is 0.800. The molecule has 1 fully saturated rings. The Balaban J connectivity index is 2.43. The summed E-state index contributed by atoms with van der Waals surface area (Å²) in [4.78, 5) is 0. The van der Waals surface area contributed by atoms with E-state index in [0.717, 1.165) is 19.3 Å². The fourth-order valence-corrected chi connectivity index (χ4v) is 1.84. The average Bonchev–Trinajstić information content (AvgIpc) is 2.09. The van der Waals surface area contributed by atoms with Crippen LogP contribution in [0.3, 0.4) is 0 Å². The van der Waals surface area contributed by atoms with E-state index in [1.54, 1.807) is 7.11 Å². The molecule has 2 nitrogen and oxygen atoms in total. The van der Waals surface area contributed by atoms with Gasteiger partial charge >= 0.3 is 0 Å². The molecule has 1 rings (SSSR count). The summed E-state index contributed by atoms with van der Waals surface area (Å²) in [5.41, 5.74) is 0. The summed E-state index contributed by atoms with van der Waals surface area (Å²) in [6.45, 7) is 2.03. The van der Waals surface area contributed by atoms with Crippen molar-refractivity contribution in [2.75, 3.05) is 7.11 Å². The average molecular weight is 170 g/mol. The summed E-state index contributed by atoms with van der Waals surface area (Å²) >= 11 is 0. The van der Waals surface area contributed by atoms with Crippen molar-refractivity contribution < 1.29 is 9.84 Å². The first-order valence-electron chi connectivity index (χ1n) is 4.61. The van der Waals surface area contributed by atoms with Gasteiger partial charge in [0.25, 0.3) is 0 Å². The molecule has 2 heteroatoms. The Morgan fingerprint density at radius 2 is 2.17 bits per heavy atom. The van der Waals surface area contributed by atoms with E-state index in [4.69, 9.17) is 4.74 Å². The van der Waals surface area contributed by atoms with E-state index in [0.29, 0.717) is 5.92 Å². The molecule has 0 aromatic heterocycles. The van der Waals surface area contributed by atoms with E-state index < -0.39 is 0 Å². The maximum atomic E-state index is 9.51. The predicted octanol–water partition coefficient (Wildman–Crippen LogP) is 1.74. The number of aliphatic hydroxyl groups excluding tert-OH is 1. The minimum atomic E-state index is -0.253. The van der Waals surface area contributed by atoms with Crippen molar-refractivity contribution >= 4 is 0 Å². The first kappa shape index (κ1) is 9.75. The van der Waals surface area contributed by atoms with Crippen molar-refractivity contribution in [2.45, 2.75) is 38.4 Å². The lowest BCUT2D eigenvalue weighted by Crippen LogP contribution is -2.34. The Hall–Kier alpha value is -0.340. The lowest BCUT2D eigenvalue weighted by atomic mass is 9.85. The number of ether oxygens (including phenoxy) is 1. The van der Waals surface area contributed by atoms with Gasteiger partial charge in [0.2, 0.25) is 0 Å². The van der Waals surface area contributed by atoms with Crippen molar-refractivity contribution in [3.05, 3.63) is 12.2 Å². The van der Waals surface area contributed by atoms with Crippen molar-refractivity contribution in [1.82, 2.24) is 0 Å². The molecule has 1 aliphatic rings. The molecule has 1 saturated carbocycles. The zero-order valence-electron chi connectivity index (χ0n) is 7.86. The molecule has 0 aliphatic heterocycles. The first-order valence-corrected chi connectivity index (χ1v) is 4.61. The molecule has 0 radical (unpaired) electrons. The van der Waals surface area contributed by atoms with Crippen LogP contribution in [-0.2, 0) is 4.74 Å². The highest BCUT2D eigenvalue weighted by molar-refractivity contribution is 4.92. The van der Waals surface area contributed by atoms with E-state index >= 15 is 0 Å². The summed E-state index contributed by atoms with van der Waals surface area (Å²) in [6.07, 6.45) is 6.99. The molecule has 0 aromatic carbocycles. The minimum Gasteiger partial charge on any atom is -0.390 e. The Morgan fingerprint density at radius 3 is 2.75 bits per heavy atom. The quantitative estimate of drug-likeness (QED) is 0.640. The molecular weight excluding hydrogens is 152 g/mol. The van der Waals surface area contributed by atoms with Gasteiger partial charge in [0.05, 0.1) is 12.2 Å². The molecule has 0 aromatic rings. The summed E-state index contributed by atoms with van der Waals surface area (Å²) in [7, 11) is 1.67. The smallest absolute Gasteiger partial charge is 0.0835 e. The SMILES string of the molecule is C/C=C/C1CCC(O)C(OC)C1. The van der Waals surface area contributed by atoms with Crippen LogP contribution in [0.4, 0.5) is 0 Å². The summed E-state index contributed by atoms with van der Waals surface area (Å²) in [5.74, 6) is 0.600. The van der Waals surface area contributed by atoms with Gasteiger partial charge in [0.1, 0.15) is 0 Å². The van der Waals surface area contributed by atoms with Crippen molar-refractivity contribution in [3.8, 4) is 0 Å². The van der Waals surface area contributed by atoms with Gasteiger partial charge in [0.15, 0.2) is 0 Å². The van der Waals surface area contributed by atoms with Crippen LogP contribution in [0.2, 0.25) is 0 Å². The molecule has 0 saturated heterocycles. The lowest BCUT2D eigenvalue weighted by molar-refractivity contribution is -0.0449. The van der Waals surface area contributed by atoms with Crippen LogP contribution < -0.4 is 0 Å². The number of aliphatic hydroxyl groups is 1. The number of allylic oxidation sites excluding steroid dienone is 2. The summed E-state index contributed by atoms with van der Waals surface area (Å²) in [6, 6.07) is 0. The van der Waals surface area contributed by atoms with E-state index in [9.17, 15) is 5.11 Å². The zero-order chi connectivity index (χ0) is 8.97. The molecule has 1 aliphatic carbocycles. The van der Waals surface area contributed by atoms with E-state index in [1.165, 1.54) is 0 Å². The van der Waals surface area contributed by atoms with Gasteiger partial charge in [-0.3, -0.25) is 0 Å². The van der Waals surface area contributed by atoms with E-state index in [1.807, 2.05) is 6.92 Å². The highest BCUT2D eigenvalue weighted by Crippen LogP contribution is 2.27. The van der Waals surface area contributed by atoms with Gasteiger partial charge in [0, 0.05) is 7.11 Å². The Labute approximate surface area is 74.2 Å². The third-order valence-electron chi connectivity index (χ3n) is 2.56. The standard InChI is InChI=1S/C10H18O2/c1-3-4-8-5-6-9(11)10(7-8)12-2/h3-4,8-11H,5-7H2,1-2H3/b4-3+. The van der Waals surface area contributed by atoms with Crippen molar-refractivity contribution in [2.24, 2.45) is 5.92 Å². The van der Waals surface area contributed by atoms with Gasteiger partial charge < -0.3 is 9.84 Å². The molecule has 70 valence electrons. The maximum absolute atomic E-state index is 9.51. The monoisotopic (exact) mass is 170 g/mol. The van der Waals surface area contributed by atoms with Crippen LogP contribution in [0.25, 0.3) is 0 Å². The van der Waals surface area contributed by atoms with Crippen LogP contribution in [0.15, 0.2) is 12.2 Å². The number of rotatable bonds is 2. The molecule has 12 heavy (non-hydrogen) atoms. The van der Waals surface area contributed by atoms with Crippen molar-refractivity contribution in [3.63, 3.8) is 0 Å². The molecule has 0 bridgehead atoms. The molecular formula is C10H18O2. The number of methoxy groups -OCH3 is 1. The van der Waals surface area contributed by atoms with Crippen LogP contribution in [-0.4, -0.2) is 24.4 Å². The van der Waals surface area contributed by atoms with Crippen molar-refractivity contribution in [1.29, 1.82) is 0 Å². The zero-order valence-corrected chi connectivity index (χ0v) is 7.86. The third kappa shape index (κ3) is 2.32. The van der Waals surface area contributed by atoms with Gasteiger partial charge in [-0.1, -0.05) is 12.2 Å². The molecule has 3 atom stereocenters. The fourth-order valence-electron chi connectivity index (χ4n) is 1.84. The van der Waals surface area contributed by atoms with Crippen LogP contribution in [0.1, 0.15) is 26.2 Å². The number of hydrogen-bond acceptors (Lipinski definition) is 2. The van der Waals surface area contributed by atoms with Gasteiger partial charge in [-0.2, -0.15) is 0 Å². The second kappa shape index (κ2) is 4.63. The van der Waals surface area contributed by atoms with Crippen LogP contribution in [0.5, 0.6) is 0 Å². The molecule has 1 N–H and O–H groups in total. The van der Waals surface area contributed by atoms with E-state index in [2.05, 4.69) is 12.2 Å². The maximum Gasteiger partial charge on any atom is 0.0835 e. The van der Waals surface area contributed by atoms with Gasteiger partial charge in [-0.05, 0) is 32.1 Å². The Morgan fingerprint density at radius 1 is 1.42 bits per heavy atom. The number of hydrogen-bond donors (Lipinski definition) is 1. The highest BCUT2D eigenvalue weighted by atomic mass is 16.5. The first-order chi connectivity index (χ1) is 5.77. The second-order valence-electron chi connectivity index (χ2n) is 3.44. The Kier molecular flexibility index (Phi) is 3.76. The van der Waals surface area contributed by atoms with Gasteiger partial charge in [-0.15, -0.1) is 0 Å². The van der Waals surface area contributed by atoms with E-state index in [-0.39, 0.29) is 12.2 Å². The van der Waals surface area contributed by atoms with Gasteiger partial charge in [-0.25, -0.2) is 0 Å². The minimum absolute atomic E-state index is 0.0416. The highest BCUT2D eigenvalue weighted by Gasteiger charge is 2.27. The summed E-state index contributed by atoms with van der Waals surface area (Å²) < 4.78 is 5.20. The Bertz CT molecular complexity index is 154. The van der Waals surface area contributed by atoms with Crippen LogP contribution >= 0.6 is 0 Å². The molecule has 0 spiro atoms. The van der Waals surface area contributed by atoms with Crippen LogP contribution in [0, 0.1) is 5.92 Å². The second-order valence-corrected chi connectivity index (χ2v) is 3.44. The molecule has 0 heterocycles. The summed E-state index contributed by atoms with van der Waals surface area (Å²) in [5, 5.41) is 9.51. The molecule has 0 amide bonds. The predicted molar refractivity (Wildman–Crippen MR) is 49.0 cm³/mol. The third-order valence-corrected chi connectivity index (χ3v) is 2.56.